The highest BCUT2D eigenvalue weighted by Gasteiger charge is 1.94. The Balaban J connectivity index is 0.000000120. The van der Waals surface area contributed by atoms with Crippen LogP contribution in [0.5, 0.6) is 0 Å². The van der Waals surface area contributed by atoms with E-state index in [-0.39, 0.29) is 0 Å². The first-order valence-corrected chi connectivity index (χ1v) is 4.45. The summed E-state index contributed by atoms with van der Waals surface area (Å²) in [6.45, 7) is 3.11. The molecule has 2 aliphatic rings. The normalized spacial score (nSPS) is 21.3. The molecule has 0 saturated carbocycles. The summed E-state index contributed by atoms with van der Waals surface area (Å²) in [4.78, 5) is 0. The maximum Gasteiger partial charge on any atom is 0.0701 e. The van der Waals surface area contributed by atoms with E-state index in [2.05, 4.69) is 24.3 Å². The van der Waals surface area contributed by atoms with Crippen LogP contribution < -0.4 is 0 Å². The molecule has 1 aliphatic heterocycles. The van der Waals surface area contributed by atoms with Gasteiger partial charge in [0.25, 0.3) is 0 Å². The zero-order valence-corrected chi connectivity index (χ0v) is 7.37. The summed E-state index contributed by atoms with van der Waals surface area (Å²) in [7, 11) is 0. The second kappa shape index (κ2) is 7.07. The Kier molecular flexibility index (Phi) is 5.59. The monoisotopic (exact) mass is 168 g/mol. The number of rotatable bonds is 0. The predicted octanol–water partition coefficient (Wildman–Crippen LogP) is 1.93. The molecule has 2 nitrogen and oxygen atoms in total. The maximum atomic E-state index is 4.94. The van der Waals surface area contributed by atoms with Gasteiger partial charge in [0.05, 0.1) is 26.4 Å². The average molecular weight is 168 g/mol. The molecule has 2 rings (SSSR count). The van der Waals surface area contributed by atoms with Crippen molar-refractivity contribution in [1.82, 2.24) is 0 Å². The molecule has 1 aliphatic carbocycles. The van der Waals surface area contributed by atoms with Gasteiger partial charge in [0.2, 0.25) is 0 Å². The molecular weight excluding hydrogens is 152 g/mol. The lowest BCUT2D eigenvalue weighted by atomic mass is 10.2. The molecule has 1 fully saturated rings. The summed E-state index contributed by atoms with van der Waals surface area (Å²) in [5.74, 6) is 0. The van der Waals surface area contributed by atoms with Gasteiger partial charge in [0.15, 0.2) is 0 Å². The molecule has 0 aromatic carbocycles. The van der Waals surface area contributed by atoms with E-state index in [0.29, 0.717) is 0 Å². The van der Waals surface area contributed by atoms with E-state index in [1.807, 2.05) is 0 Å². The highest BCUT2D eigenvalue weighted by molar-refractivity contribution is 5.02. The van der Waals surface area contributed by atoms with Crippen molar-refractivity contribution in [2.45, 2.75) is 12.8 Å². The Morgan fingerprint density at radius 3 is 1.08 bits per heavy atom. The van der Waals surface area contributed by atoms with Crippen LogP contribution in [0.1, 0.15) is 12.8 Å². The van der Waals surface area contributed by atoms with Crippen LogP contribution in [0.4, 0.5) is 0 Å². The molecule has 12 heavy (non-hydrogen) atoms. The Bertz CT molecular complexity index is 114. The summed E-state index contributed by atoms with van der Waals surface area (Å²) in [5.41, 5.74) is 0. The zero-order chi connectivity index (χ0) is 8.49. The number of hydrogen-bond acceptors (Lipinski definition) is 2. The Morgan fingerprint density at radius 1 is 0.583 bits per heavy atom. The molecule has 0 bridgehead atoms. The minimum absolute atomic E-state index is 0.778. The minimum Gasteiger partial charge on any atom is -0.377 e. The fourth-order valence-corrected chi connectivity index (χ4v) is 0.982. The van der Waals surface area contributed by atoms with Crippen LogP contribution in [0, 0.1) is 0 Å². The van der Waals surface area contributed by atoms with Crippen LogP contribution in [-0.2, 0) is 9.47 Å². The van der Waals surface area contributed by atoms with Crippen LogP contribution in [0.15, 0.2) is 24.3 Å². The summed E-state index contributed by atoms with van der Waals surface area (Å²) in [5, 5.41) is 0. The molecule has 1 heterocycles. The third-order valence-corrected chi connectivity index (χ3v) is 1.62. The highest BCUT2D eigenvalue weighted by atomic mass is 16.6. The Morgan fingerprint density at radius 2 is 0.917 bits per heavy atom. The quantitative estimate of drug-likeness (QED) is 0.514. The van der Waals surface area contributed by atoms with Crippen molar-refractivity contribution in [2.75, 3.05) is 26.4 Å². The first kappa shape index (κ1) is 9.49. The van der Waals surface area contributed by atoms with Gasteiger partial charge in [-0.3, -0.25) is 0 Å². The van der Waals surface area contributed by atoms with Gasteiger partial charge in [-0.05, 0) is 12.8 Å². The summed E-state index contributed by atoms with van der Waals surface area (Å²) in [6, 6.07) is 0. The summed E-state index contributed by atoms with van der Waals surface area (Å²) in [6.07, 6.45) is 11.0. The van der Waals surface area contributed by atoms with E-state index in [0.717, 1.165) is 39.3 Å². The van der Waals surface area contributed by atoms with E-state index in [4.69, 9.17) is 9.47 Å². The van der Waals surface area contributed by atoms with Crippen LogP contribution >= 0.6 is 0 Å². The fourth-order valence-electron chi connectivity index (χ4n) is 0.982. The SMILES string of the molecule is C1=CCC=CC1.C1COCCO1. The lowest BCUT2D eigenvalue weighted by molar-refractivity contribution is -0.0334. The molecule has 0 N–H and O–H groups in total. The molecule has 0 unspecified atom stereocenters. The zero-order valence-electron chi connectivity index (χ0n) is 7.37. The molecule has 0 spiro atoms. The molecule has 0 radical (unpaired) electrons. The molecule has 0 aromatic rings. The standard InChI is InChI=1S/C6H8.C4H8O2/c1-2-4-6-5-3-1;1-2-6-4-3-5-1/h1-2,5-6H,3-4H2;1-4H2. The van der Waals surface area contributed by atoms with Crippen molar-refractivity contribution in [2.24, 2.45) is 0 Å². The van der Waals surface area contributed by atoms with Gasteiger partial charge in [-0.2, -0.15) is 0 Å². The second-order valence-electron chi connectivity index (χ2n) is 2.64. The summed E-state index contributed by atoms with van der Waals surface area (Å²) < 4.78 is 9.89. The van der Waals surface area contributed by atoms with E-state index in [1.165, 1.54) is 0 Å². The topological polar surface area (TPSA) is 18.5 Å². The van der Waals surface area contributed by atoms with E-state index in [1.54, 1.807) is 0 Å². The van der Waals surface area contributed by atoms with Crippen LogP contribution in [0.25, 0.3) is 0 Å². The molecule has 0 aromatic heterocycles. The van der Waals surface area contributed by atoms with Crippen molar-refractivity contribution in [3.05, 3.63) is 24.3 Å². The average Bonchev–Trinajstić information content (AvgIpc) is 2.24. The van der Waals surface area contributed by atoms with Gasteiger partial charge in [-0.15, -0.1) is 0 Å². The van der Waals surface area contributed by atoms with E-state index in [9.17, 15) is 0 Å². The Labute approximate surface area is 73.9 Å². The first-order chi connectivity index (χ1) is 6.00. The molecular formula is C10H16O2. The summed E-state index contributed by atoms with van der Waals surface area (Å²) >= 11 is 0. The van der Waals surface area contributed by atoms with Crippen molar-refractivity contribution in [3.63, 3.8) is 0 Å². The van der Waals surface area contributed by atoms with Gasteiger partial charge in [0.1, 0.15) is 0 Å². The number of ether oxygens (including phenoxy) is 2. The number of hydrogen-bond donors (Lipinski definition) is 0. The van der Waals surface area contributed by atoms with E-state index >= 15 is 0 Å². The Hall–Kier alpha value is -0.600. The largest absolute Gasteiger partial charge is 0.377 e. The fraction of sp³-hybridized carbons (Fsp3) is 0.600. The van der Waals surface area contributed by atoms with Gasteiger partial charge in [0, 0.05) is 0 Å². The third-order valence-electron chi connectivity index (χ3n) is 1.62. The smallest absolute Gasteiger partial charge is 0.0701 e. The molecule has 68 valence electrons. The molecule has 0 atom stereocenters. The van der Waals surface area contributed by atoms with Crippen LogP contribution in [-0.4, -0.2) is 26.4 Å². The molecule has 1 saturated heterocycles. The van der Waals surface area contributed by atoms with Crippen LogP contribution in [0.2, 0.25) is 0 Å². The van der Waals surface area contributed by atoms with E-state index < -0.39 is 0 Å². The van der Waals surface area contributed by atoms with Gasteiger partial charge >= 0.3 is 0 Å². The molecule has 0 amide bonds. The van der Waals surface area contributed by atoms with Crippen LogP contribution in [0.3, 0.4) is 0 Å². The van der Waals surface area contributed by atoms with Crippen molar-refractivity contribution < 1.29 is 9.47 Å². The van der Waals surface area contributed by atoms with Crippen molar-refractivity contribution in [1.29, 1.82) is 0 Å². The number of allylic oxidation sites excluding steroid dienone is 4. The predicted molar refractivity (Wildman–Crippen MR) is 49.2 cm³/mol. The second-order valence-corrected chi connectivity index (χ2v) is 2.64. The lowest BCUT2D eigenvalue weighted by Gasteiger charge is -2.09. The first-order valence-electron chi connectivity index (χ1n) is 4.45. The maximum absolute atomic E-state index is 4.94. The highest BCUT2D eigenvalue weighted by Crippen LogP contribution is 1.97. The van der Waals surface area contributed by atoms with Gasteiger partial charge < -0.3 is 9.47 Å². The minimum atomic E-state index is 0.778. The van der Waals surface area contributed by atoms with Crippen molar-refractivity contribution in [3.8, 4) is 0 Å². The van der Waals surface area contributed by atoms with Gasteiger partial charge in [-0.1, -0.05) is 24.3 Å². The van der Waals surface area contributed by atoms with Gasteiger partial charge in [-0.25, -0.2) is 0 Å². The third kappa shape index (κ3) is 5.10. The molecule has 2 heteroatoms. The van der Waals surface area contributed by atoms with Crippen molar-refractivity contribution >= 4 is 0 Å². The lowest BCUT2D eigenvalue weighted by Crippen LogP contribution is -2.16.